The molecule has 0 spiro atoms. The summed E-state index contributed by atoms with van der Waals surface area (Å²) in [6, 6.07) is 15.9. The largest absolute Gasteiger partial charge is 0.298 e. The van der Waals surface area contributed by atoms with Crippen molar-refractivity contribution in [2.45, 2.75) is 11.8 Å². The van der Waals surface area contributed by atoms with Crippen molar-refractivity contribution in [3.05, 3.63) is 78.2 Å². The van der Waals surface area contributed by atoms with Gasteiger partial charge in [-0.2, -0.15) is 0 Å². The van der Waals surface area contributed by atoms with Crippen molar-refractivity contribution in [2.75, 3.05) is 6.26 Å². The second kappa shape index (κ2) is 6.93. The number of carbonyl (C=O) groups excluding carboxylic acids is 1. The zero-order valence-corrected chi connectivity index (χ0v) is 16.6. The number of hydrogen-bond acceptors (Lipinski definition) is 4. The van der Waals surface area contributed by atoms with Gasteiger partial charge < -0.3 is 0 Å². The minimum atomic E-state index is -3.32. The third kappa shape index (κ3) is 3.45. The molecule has 0 atom stereocenters. The molecule has 2 heterocycles. The fourth-order valence-corrected chi connectivity index (χ4v) is 3.92. The first-order valence-electron chi connectivity index (χ1n) is 8.84. The zero-order chi connectivity index (χ0) is 20.8. The van der Waals surface area contributed by atoms with E-state index in [0.29, 0.717) is 28.2 Å². The Morgan fingerprint density at radius 1 is 0.966 bits per heavy atom. The molecule has 0 aliphatic rings. The van der Waals surface area contributed by atoms with E-state index in [1.54, 1.807) is 47.0 Å². The molecule has 4 rings (SSSR count). The first-order valence-corrected chi connectivity index (χ1v) is 10.7. The van der Waals surface area contributed by atoms with Gasteiger partial charge >= 0.3 is 0 Å². The standard InChI is InChI=1S/C22H17FN2O3S/c1-14(26)19-4-3-13-25-21(16-5-9-17(23)10-6-16)20(24-22(19)25)15-7-11-18(12-8-15)29(2,27)28/h3-13H,1-2H3. The number of carbonyl (C=O) groups is 1. The van der Waals surface area contributed by atoms with Crippen molar-refractivity contribution in [1.29, 1.82) is 0 Å². The number of imidazole rings is 1. The lowest BCUT2D eigenvalue weighted by Gasteiger charge is -2.07. The number of sulfone groups is 1. The van der Waals surface area contributed by atoms with Gasteiger partial charge in [-0.1, -0.05) is 12.1 Å². The van der Waals surface area contributed by atoms with Crippen LogP contribution < -0.4 is 0 Å². The predicted molar refractivity (Wildman–Crippen MR) is 109 cm³/mol. The van der Waals surface area contributed by atoms with Gasteiger partial charge in [0.15, 0.2) is 15.6 Å². The molecule has 29 heavy (non-hydrogen) atoms. The van der Waals surface area contributed by atoms with Crippen molar-refractivity contribution in [3.63, 3.8) is 0 Å². The molecule has 5 nitrogen and oxygen atoms in total. The van der Waals surface area contributed by atoms with Crippen LogP contribution in [-0.2, 0) is 9.84 Å². The molecule has 7 heteroatoms. The highest BCUT2D eigenvalue weighted by Crippen LogP contribution is 2.34. The third-order valence-corrected chi connectivity index (χ3v) is 5.83. The summed E-state index contributed by atoms with van der Waals surface area (Å²) in [4.78, 5) is 17.0. The van der Waals surface area contributed by atoms with Crippen molar-refractivity contribution < 1.29 is 17.6 Å². The molecule has 0 aliphatic carbocycles. The van der Waals surface area contributed by atoms with E-state index in [4.69, 9.17) is 4.98 Å². The average molecular weight is 408 g/mol. The van der Waals surface area contributed by atoms with Crippen molar-refractivity contribution in [2.24, 2.45) is 0 Å². The molecule has 0 radical (unpaired) electrons. The van der Waals surface area contributed by atoms with E-state index in [-0.39, 0.29) is 16.5 Å². The smallest absolute Gasteiger partial charge is 0.175 e. The molecule has 0 bridgehead atoms. The maximum Gasteiger partial charge on any atom is 0.175 e. The van der Waals surface area contributed by atoms with Gasteiger partial charge in [0.05, 0.1) is 21.8 Å². The van der Waals surface area contributed by atoms with Gasteiger partial charge in [0.2, 0.25) is 0 Å². The van der Waals surface area contributed by atoms with Crippen molar-refractivity contribution in [1.82, 2.24) is 9.38 Å². The van der Waals surface area contributed by atoms with Gasteiger partial charge in [0.25, 0.3) is 0 Å². The molecule has 0 N–H and O–H groups in total. The minimum Gasteiger partial charge on any atom is -0.298 e. The van der Waals surface area contributed by atoms with Gasteiger partial charge in [-0.25, -0.2) is 17.8 Å². The minimum absolute atomic E-state index is 0.120. The monoisotopic (exact) mass is 408 g/mol. The van der Waals surface area contributed by atoms with E-state index < -0.39 is 9.84 Å². The Labute approximate surface area is 167 Å². The Kier molecular flexibility index (Phi) is 4.55. The van der Waals surface area contributed by atoms with Crippen LogP contribution in [0.15, 0.2) is 71.8 Å². The number of fused-ring (bicyclic) bond motifs is 1. The van der Waals surface area contributed by atoms with E-state index in [1.807, 2.05) is 0 Å². The molecule has 146 valence electrons. The molecule has 2 aromatic carbocycles. The Bertz CT molecular complexity index is 1340. The Balaban J connectivity index is 2.02. The lowest BCUT2D eigenvalue weighted by atomic mass is 10.0. The van der Waals surface area contributed by atoms with Crippen LogP contribution in [0.5, 0.6) is 0 Å². The number of ketones is 1. The fraction of sp³-hybridized carbons (Fsp3) is 0.0909. The van der Waals surface area contributed by atoms with Gasteiger partial charge in [-0.05, 0) is 55.5 Å². The summed E-state index contributed by atoms with van der Waals surface area (Å²) in [5.74, 6) is -0.476. The number of halogens is 1. The summed E-state index contributed by atoms with van der Waals surface area (Å²) >= 11 is 0. The van der Waals surface area contributed by atoms with Crippen LogP contribution in [0, 0.1) is 5.82 Å². The SMILES string of the molecule is CC(=O)c1cccn2c(-c3ccc(F)cc3)c(-c3ccc(S(C)(=O)=O)cc3)nc12. The number of nitrogens with zero attached hydrogens (tertiary/aromatic N) is 2. The highest BCUT2D eigenvalue weighted by molar-refractivity contribution is 7.90. The Hall–Kier alpha value is -3.32. The second-order valence-corrected chi connectivity index (χ2v) is 8.80. The number of rotatable bonds is 4. The molecular weight excluding hydrogens is 391 g/mol. The van der Waals surface area contributed by atoms with E-state index >= 15 is 0 Å². The van der Waals surface area contributed by atoms with Crippen LogP contribution in [0.4, 0.5) is 4.39 Å². The summed E-state index contributed by atoms with van der Waals surface area (Å²) in [5.41, 5.74) is 3.63. The van der Waals surface area contributed by atoms with Crippen molar-refractivity contribution >= 4 is 21.3 Å². The molecule has 2 aromatic heterocycles. The van der Waals surface area contributed by atoms with Crippen LogP contribution in [0.2, 0.25) is 0 Å². The highest BCUT2D eigenvalue weighted by Gasteiger charge is 2.19. The van der Waals surface area contributed by atoms with Crippen LogP contribution in [0.1, 0.15) is 17.3 Å². The molecule has 0 aliphatic heterocycles. The van der Waals surface area contributed by atoms with E-state index in [9.17, 15) is 17.6 Å². The summed E-state index contributed by atoms with van der Waals surface area (Å²) in [6.45, 7) is 1.47. The molecule has 0 saturated heterocycles. The van der Waals surface area contributed by atoms with E-state index in [2.05, 4.69) is 0 Å². The number of pyridine rings is 1. The summed E-state index contributed by atoms with van der Waals surface area (Å²) in [5, 5.41) is 0. The summed E-state index contributed by atoms with van der Waals surface area (Å²) in [7, 11) is -3.32. The van der Waals surface area contributed by atoms with Gasteiger partial charge in [-0.3, -0.25) is 9.20 Å². The predicted octanol–water partition coefficient (Wildman–Crippen LogP) is 4.41. The van der Waals surface area contributed by atoms with Crippen molar-refractivity contribution in [3.8, 4) is 22.5 Å². The topological polar surface area (TPSA) is 68.5 Å². The number of hydrogen-bond donors (Lipinski definition) is 0. The molecule has 0 amide bonds. The normalized spacial score (nSPS) is 11.7. The van der Waals surface area contributed by atoms with E-state index in [1.165, 1.54) is 31.2 Å². The van der Waals surface area contributed by atoms with Gasteiger partial charge in [0, 0.05) is 23.6 Å². The molecular formula is C22H17FN2O3S. The number of Topliss-reactive ketones (excluding diaryl/α,β-unsaturated/α-hetero) is 1. The molecule has 0 fully saturated rings. The van der Waals surface area contributed by atoms with E-state index in [0.717, 1.165) is 11.8 Å². The quantitative estimate of drug-likeness (QED) is 0.469. The first kappa shape index (κ1) is 19.0. The lowest BCUT2D eigenvalue weighted by Crippen LogP contribution is -1.98. The number of benzene rings is 2. The summed E-state index contributed by atoms with van der Waals surface area (Å²) in [6.07, 6.45) is 2.94. The highest BCUT2D eigenvalue weighted by atomic mass is 32.2. The average Bonchev–Trinajstić information content (AvgIpc) is 3.07. The second-order valence-electron chi connectivity index (χ2n) is 6.78. The fourth-order valence-electron chi connectivity index (χ4n) is 3.29. The Morgan fingerprint density at radius 3 is 2.17 bits per heavy atom. The lowest BCUT2D eigenvalue weighted by molar-refractivity contribution is 0.101. The third-order valence-electron chi connectivity index (χ3n) is 4.70. The molecule has 0 saturated carbocycles. The van der Waals surface area contributed by atoms with Crippen LogP contribution in [0.3, 0.4) is 0 Å². The van der Waals surface area contributed by atoms with Crippen LogP contribution >= 0.6 is 0 Å². The Morgan fingerprint density at radius 2 is 1.59 bits per heavy atom. The maximum atomic E-state index is 13.5. The molecule has 4 aromatic rings. The van der Waals surface area contributed by atoms with Crippen LogP contribution in [-0.4, -0.2) is 29.8 Å². The van der Waals surface area contributed by atoms with Gasteiger partial charge in [0.1, 0.15) is 11.5 Å². The summed E-state index contributed by atoms with van der Waals surface area (Å²) < 4.78 is 38.8. The first-order chi connectivity index (χ1) is 13.8. The maximum absolute atomic E-state index is 13.5. The zero-order valence-electron chi connectivity index (χ0n) is 15.8. The van der Waals surface area contributed by atoms with Gasteiger partial charge in [-0.15, -0.1) is 0 Å². The van der Waals surface area contributed by atoms with Crippen LogP contribution in [0.25, 0.3) is 28.2 Å². The number of aromatic nitrogens is 2. The molecule has 0 unspecified atom stereocenters.